The molecule has 0 unspecified atom stereocenters. The fourth-order valence-corrected chi connectivity index (χ4v) is 2.33. The molecule has 1 aromatic carbocycles. The molecule has 0 saturated carbocycles. The molecule has 0 spiro atoms. The zero-order chi connectivity index (χ0) is 19.5. The summed E-state index contributed by atoms with van der Waals surface area (Å²) in [5.74, 6) is 0. The zero-order valence-corrected chi connectivity index (χ0v) is 14.9. The normalized spacial score (nSPS) is 16.5. The molecule has 1 aliphatic heterocycles. The number of hydrogen-bond acceptors (Lipinski definition) is 7. The lowest BCUT2D eigenvalue weighted by Gasteiger charge is -2.32. The highest BCUT2D eigenvalue weighted by Gasteiger charge is 2.51. The van der Waals surface area contributed by atoms with Crippen LogP contribution in [0.2, 0.25) is 0 Å². The Morgan fingerprint density at radius 2 is 1.50 bits per heavy atom. The second kappa shape index (κ2) is 6.91. The minimum absolute atomic E-state index is 0.190. The summed E-state index contributed by atoms with van der Waals surface area (Å²) in [7, 11) is -0.685. The molecule has 0 amide bonds. The molecule has 1 aliphatic rings. The van der Waals surface area contributed by atoms with Crippen LogP contribution in [0.1, 0.15) is 33.3 Å². The van der Waals surface area contributed by atoms with E-state index in [4.69, 9.17) is 19.8 Å². The summed E-state index contributed by atoms with van der Waals surface area (Å²) in [5, 5.41) is 39.1. The Labute approximate surface area is 152 Å². The van der Waals surface area contributed by atoms with Crippen molar-refractivity contribution in [2.75, 3.05) is 5.32 Å². The molecule has 128 valence electrons. The van der Waals surface area contributed by atoms with Crippen molar-refractivity contribution in [1.29, 1.82) is 21.0 Å². The summed E-state index contributed by atoms with van der Waals surface area (Å²) in [6.45, 7) is 7.68. The third-order valence-corrected chi connectivity index (χ3v) is 4.46. The van der Waals surface area contributed by atoms with Gasteiger partial charge in [0, 0.05) is 5.69 Å². The molecule has 0 atom stereocenters. The molecule has 8 heteroatoms. The van der Waals surface area contributed by atoms with Crippen LogP contribution in [0.25, 0.3) is 0 Å². The first-order chi connectivity index (χ1) is 12.2. The van der Waals surface area contributed by atoms with E-state index in [1.807, 2.05) is 33.8 Å². The molecule has 1 fully saturated rings. The summed E-state index contributed by atoms with van der Waals surface area (Å²) in [6.07, 6.45) is 0. The van der Waals surface area contributed by atoms with Gasteiger partial charge in [-0.05, 0) is 51.4 Å². The number of rotatable bonds is 3. The number of anilines is 1. The molecular formula is C18H16BN5O2. The van der Waals surface area contributed by atoms with Crippen molar-refractivity contribution in [2.45, 2.75) is 38.9 Å². The van der Waals surface area contributed by atoms with Crippen LogP contribution in [0.5, 0.6) is 0 Å². The Hall–Kier alpha value is -3.30. The van der Waals surface area contributed by atoms with E-state index < -0.39 is 18.3 Å². The highest BCUT2D eigenvalue weighted by Crippen LogP contribution is 2.36. The van der Waals surface area contributed by atoms with Gasteiger partial charge in [0.15, 0.2) is 5.57 Å². The first-order valence-electron chi connectivity index (χ1n) is 7.79. The summed E-state index contributed by atoms with van der Waals surface area (Å²) in [4.78, 5) is 0. The van der Waals surface area contributed by atoms with Gasteiger partial charge in [0.1, 0.15) is 23.9 Å². The number of allylic oxidation sites excluding steroid dienone is 2. The maximum absolute atomic E-state index is 9.29. The van der Waals surface area contributed by atoms with E-state index >= 15 is 0 Å². The van der Waals surface area contributed by atoms with Gasteiger partial charge in [0.05, 0.1) is 22.8 Å². The number of benzene rings is 1. The summed E-state index contributed by atoms with van der Waals surface area (Å²) in [6, 6.07) is 12.0. The van der Waals surface area contributed by atoms with Crippen LogP contribution in [0.4, 0.5) is 5.69 Å². The average Bonchev–Trinajstić information content (AvgIpc) is 2.82. The van der Waals surface area contributed by atoms with E-state index in [0.29, 0.717) is 16.7 Å². The van der Waals surface area contributed by atoms with Crippen molar-refractivity contribution in [3.05, 3.63) is 35.0 Å². The molecule has 0 radical (unpaired) electrons. The SMILES string of the molecule is CC1(C)OB(c2cc(C#N)cc(NC(C#N)=C(C#N)C#N)c2)OC1(C)C. The Morgan fingerprint density at radius 3 is 1.96 bits per heavy atom. The number of nitriles is 4. The maximum Gasteiger partial charge on any atom is 0.494 e. The van der Waals surface area contributed by atoms with Crippen LogP contribution in [-0.4, -0.2) is 18.3 Å². The van der Waals surface area contributed by atoms with E-state index in [-0.39, 0.29) is 11.3 Å². The van der Waals surface area contributed by atoms with Crippen LogP contribution >= 0.6 is 0 Å². The van der Waals surface area contributed by atoms with Crippen molar-refractivity contribution >= 4 is 18.3 Å². The molecule has 26 heavy (non-hydrogen) atoms. The first-order valence-corrected chi connectivity index (χ1v) is 7.79. The molecular weight excluding hydrogens is 329 g/mol. The molecule has 0 bridgehead atoms. The molecule has 1 heterocycles. The lowest BCUT2D eigenvalue weighted by Crippen LogP contribution is -2.41. The lowest BCUT2D eigenvalue weighted by atomic mass is 9.78. The van der Waals surface area contributed by atoms with Crippen molar-refractivity contribution in [3.8, 4) is 24.3 Å². The molecule has 0 aromatic heterocycles. The van der Waals surface area contributed by atoms with Gasteiger partial charge in [-0.3, -0.25) is 0 Å². The minimum atomic E-state index is -0.685. The molecule has 0 aliphatic carbocycles. The van der Waals surface area contributed by atoms with Crippen LogP contribution in [0.3, 0.4) is 0 Å². The fraction of sp³-hybridized carbons (Fsp3) is 0.333. The minimum Gasteiger partial charge on any atom is -0.399 e. The van der Waals surface area contributed by atoms with Crippen molar-refractivity contribution < 1.29 is 9.31 Å². The quantitative estimate of drug-likeness (QED) is 0.656. The maximum atomic E-state index is 9.29. The van der Waals surface area contributed by atoms with Gasteiger partial charge in [-0.15, -0.1) is 0 Å². The van der Waals surface area contributed by atoms with E-state index in [2.05, 4.69) is 5.32 Å². The Morgan fingerprint density at radius 1 is 0.923 bits per heavy atom. The van der Waals surface area contributed by atoms with Crippen LogP contribution in [0.15, 0.2) is 29.5 Å². The third kappa shape index (κ3) is 3.53. The second-order valence-corrected chi connectivity index (χ2v) is 6.75. The summed E-state index contributed by atoms with van der Waals surface area (Å²) in [5.41, 5.74) is -0.309. The molecule has 1 aromatic rings. The highest BCUT2D eigenvalue weighted by atomic mass is 16.7. The van der Waals surface area contributed by atoms with Crippen LogP contribution in [0, 0.1) is 45.3 Å². The largest absolute Gasteiger partial charge is 0.494 e. The highest BCUT2D eigenvalue weighted by molar-refractivity contribution is 6.62. The predicted molar refractivity (Wildman–Crippen MR) is 94.4 cm³/mol. The number of nitrogens with zero attached hydrogens (tertiary/aromatic N) is 4. The van der Waals surface area contributed by atoms with E-state index in [9.17, 15) is 10.5 Å². The summed E-state index contributed by atoms with van der Waals surface area (Å²) >= 11 is 0. The smallest absolute Gasteiger partial charge is 0.399 e. The van der Waals surface area contributed by atoms with Gasteiger partial charge in [-0.2, -0.15) is 21.0 Å². The number of hydrogen-bond donors (Lipinski definition) is 1. The van der Waals surface area contributed by atoms with Gasteiger partial charge in [-0.25, -0.2) is 0 Å². The van der Waals surface area contributed by atoms with Gasteiger partial charge in [0.25, 0.3) is 0 Å². The zero-order valence-electron chi connectivity index (χ0n) is 14.9. The fourth-order valence-electron chi connectivity index (χ4n) is 2.33. The predicted octanol–water partition coefficient (Wildman–Crippen LogP) is 2.09. The van der Waals surface area contributed by atoms with Crippen LogP contribution in [-0.2, 0) is 9.31 Å². The van der Waals surface area contributed by atoms with Gasteiger partial charge in [0.2, 0.25) is 0 Å². The molecule has 2 rings (SSSR count). The van der Waals surface area contributed by atoms with Crippen molar-refractivity contribution in [2.24, 2.45) is 0 Å². The topological polar surface area (TPSA) is 126 Å². The van der Waals surface area contributed by atoms with E-state index in [0.717, 1.165) is 0 Å². The lowest BCUT2D eigenvalue weighted by molar-refractivity contribution is 0.00578. The average molecular weight is 345 g/mol. The van der Waals surface area contributed by atoms with Gasteiger partial charge >= 0.3 is 7.12 Å². The first kappa shape index (κ1) is 19.0. The van der Waals surface area contributed by atoms with Crippen molar-refractivity contribution in [1.82, 2.24) is 0 Å². The van der Waals surface area contributed by atoms with Gasteiger partial charge < -0.3 is 14.6 Å². The molecule has 7 nitrogen and oxygen atoms in total. The van der Waals surface area contributed by atoms with E-state index in [1.54, 1.807) is 30.3 Å². The second-order valence-electron chi connectivity index (χ2n) is 6.75. The van der Waals surface area contributed by atoms with E-state index in [1.165, 1.54) is 6.07 Å². The Kier molecular flexibility index (Phi) is 5.06. The van der Waals surface area contributed by atoms with Gasteiger partial charge in [-0.1, -0.05) is 0 Å². The molecule has 1 saturated heterocycles. The van der Waals surface area contributed by atoms with Crippen LogP contribution < -0.4 is 10.8 Å². The molecule has 1 N–H and O–H groups in total. The Bertz CT molecular complexity index is 906. The summed E-state index contributed by atoms with van der Waals surface area (Å²) < 4.78 is 12.0. The van der Waals surface area contributed by atoms with Crippen molar-refractivity contribution in [3.63, 3.8) is 0 Å². The monoisotopic (exact) mass is 345 g/mol. The standard InChI is InChI=1S/C18H16BN5O2/c1-17(2)18(3,4)26-19(25-17)14-5-12(8-20)6-15(7-14)24-16(11-23)13(9-21)10-22/h5-7,24H,1-4H3. The third-order valence-electron chi connectivity index (χ3n) is 4.46. The Balaban J connectivity index is 2.45. The number of nitrogens with one attached hydrogen (secondary N) is 1.